The van der Waals surface area contributed by atoms with Crippen LogP contribution in [0, 0.1) is 47.4 Å². The van der Waals surface area contributed by atoms with Crippen LogP contribution in [0.5, 0.6) is 11.5 Å². The summed E-state index contributed by atoms with van der Waals surface area (Å²) < 4.78 is 0. The molecule has 16 nitrogen and oxygen atoms in total. The highest BCUT2D eigenvalue weighted by atomic mass is 16.4. The number of unbranched alkanes of at least 4 members (excludes halogenated alkanes) is 3. The van der Waals surface area contributed by atoms with Gasteiger partial charge in [-0.3, -0.25) is 33.7 Å². The van der Waals surface area contributed by atoms with Crippen molar-refractivity contribution in [3.8, 4) is 35.2 Å². The van der Waals surface area contributed by atoms with Gasteiger partial charge < -0.3 is 46.6 Å². The number of carbonyl (C=O) groups is 6. The van der Waals surface area contributed by atoms with Crippen molar-refractivity contribution in [2.24, 2.45) is 29.4 Å². The van der Waals surface area contributed by atoms with Gasteiger partial charge in [-0.2, -0.15) is 0 Å². The van der Waals surface area contributed by atoms with Crippen LogP contribution in [0.1, 0.15) is 85.3 Å². The third-order valence-electron chi connectivity index (χ3n) is 14.0. The molecule has 0 radical (unpaired) electrons. The van der Waals surface area contributed by atoms with Crippen LogP contribution in [0.2, 0.25) is 0 Å². The smallest absolute Gasteiger partial charge is 0.255 e. The Kier molecular flexibility index (Phi) is 10.9. The number of phenols is 2. The molecule has 16 heteroatoms. The number of Topliss-reactive ketones (excluding diaryl/α,β-unsaturated/α-hetero) is 5. The molecule has 0 aromatic heterocycles. The molecule has 2 fully saturated rings. The zero-order chi connectivity index (χ0) is 47.2. The van der Waals surface area contributed by atoms with E-state index in [9.17, 15) is 69.6 Å². The lowest BCUT2D eigenvalue weighted by Gasteiger charge is -2.50. The minimum atomic E-state index is -2.66. The number of carbonyl (C=O) groups excluding carboxylic acids is 6. The second kappa shape index (κ2) is 15.9. The van der Waals surface area contributed by atoms with Gasteiger partial charge in [0.05, 0.1) is 17.2 Å². The van der Waals surface area contributed by atoms with Gasteiger partial charge in [-0.25, -0.2) is 0 Å². The Bertz CT molecular complexity index is 2860. The Balaban J connectivity index is 0.978. The number of nitrogens with zero attached hydrogens (tertiary/aromatic N) is 1. The van der Waals surface area contributed by atoms with Gasteiger partial charge >= 0.3 is 0 Å². The number of amides is 1. The molecule has 0 saturated heterocycles. The van der Waals surface area contributed by atoms with E-state index in [1.54, 1.807) is 26.2 Å². The Labute approximate surface area is 372 Å². The standard InChI is InChI=1S/C49H46N2O14/c1-21(52)33-42(58)39(51(2)3)29-19-25-18-28-23(13-15-31(54)37(28)41(57)35(25)45(61)49(29,65)43(33)59)11-9-7-5-4-6-8-10-22-12-14-30(53)36-27(22)17-24-16-26-20-32(55)38(47(50)63)46(62)48(26,64)44(60)34(24)40(36)56/h12-15,24-26,29,39,53-54,56-57,59,62,64-65H,4-7,16-20H2,1-3H3,(H2,50,63)/t24-,25+,26+,29+,39+,48+,49-/m1/s1. The quantitative estimate of drug-likeness (QED) is 0.115. The summed E-state index contributed by atoms with van der Waals surface area (Å²) in [5.74, 6) is -1.05. The molecular formula is C49H46N2O14. The second-order valence-electron chi connectivity index (χ2n) is 17.8. The number of primary amides is 1. The summed E-state index contributed by atoms with van der Waals surface area (Å²) >= 11 is 0. The van der Waals surface area contributed by atoms with Gasteiger partial charge in [0.2, 0.25) is 11.6 Å². The molecule has 2 aromatic rings. The van der Waals surface area contributed by atoms with Crippen LogP contribution in [-0.2, 0) is 41.6 Å². The molecule has 8 rings (SSSR count). The van der Waals surface area contributed by atoms with Crippen LogP contribution in [0.3, 0.4) is 0 Å². The van der Waals surface area contributed by atoms with Gasteiger partial charge in [0.25, 0.3) is 5.91 Å². The van der Waals surface area contributed by atoms with Crippen molar-refractivity contribution in [3.63, 3.8) is 0 Å². The van der Waals surface area contributed by atoms with Crippen LogP contribution < -0.4 is 5.73 Å². The fraction of sp³-hybridized carbons (Fsp3) is 0.388. The molecule has 1 amide bonds. The molecule has 0 bridgehead atoms. The third-order valence-corrected chi connectivity index (χ3v) is 14.0. The van der Waals surface area contributed by atoms with Crippen molar-refractivity contribution in [3.05, 3.63) is 91.5 Å². The van der Waals surface area contributed by atoms with E-state index < -0.39 is 116 Å². The van der Waals surface area contributed by atoms with E-state index in [2.05, 4.69) is 23.7 Å². The Morgan fingerprint density at radius 2 is 1.18 bits per heavy atom. The van der Waals surface area contributed by atoms with Crippen LogP contribution in [0.25, 0.3) is 11.5 Å². The number of rotatable bonds is 6. The summed E-state index contributed by atoms with van der Waals surface area (Å²) in [6, 6.07) is 4.70. The lowest BCUT2D eigenvalue weighted by atomic mass is 9.57. The highest BCUT2D eigenvalue weighted by Crippen LogP contribution is 2.54. The number of aliphatic hydroxyl groups is 6. The van der Waals surface area contributed by atoms with E-state index in [1.165, 1.54) is 17.0 Å². The van der Waals surface area contributed by atoms with Gasteiger partial charge in [-0.05, 0) is 107 Å². The van der Waals surface area contributed by atoms with Crippen molar-refractivity contribution < 1.29 is 69.6 Å². The van der Waals surface area contributed by atoms with Gasteiger partial charge in [0, 0.05) is 53.4 Å². The molecule has 0 unspecified atom stereocenters. The number of aromatic hydroxyl groups is 2. The first-order valence-electron chi connectivity index (χ1n) is 21.2. The molecule has 6 aliphatic carbocycles. The molecule has 7 atom stereocenters. The first kappa shape index (κ1) is 44.6. The maximum atomic E-state index is 14.1. The number of phenolic OH excluding ortho intramolecular Hbond substituents is 2. The summed E-state index contributed by atoms with van der Waals surface area (Å²) in [5.41, 5.74) is -0.222. The van der Waals surface area contributed by atoms with E-state index in [0.717, 1.165) is 6.92 Å². The molecular weight excluding hydrogens is 841 g/mol. The van der Waals surface area contributed by atoms with E-state index in [4.69, 9.17) is 5.73 Å². The number of hydrogen-bond acceptors (Lipinski definition) is 15. The normalized spacial score (nSPS) is 28.0. The maximum absolute atomic E-state index is 14.1. The number of nitrogens with two attached hydrogens (primary N) is 1. The molecule has 0 aliphatic heterocycles. The summed E-state index contributed by atoms with van der Waals surface area (Å²) in [7, 11) is 3.13. The fourth-order valence-electron chi connectivity index (χ4n) is 10.9. The molecule has 2 aromatic carbocycles. The molecule has 65 heavy (non-hydrogen) atoms. The summed E-state index contributed by atoms with van der Waals surface area (Å²) in [5, 5.41) is 89.9. The summed E-state index contributed by atoms with van der Waals surface area (Å²) in [4.78, 5) is 79.9. The fourth-order valence-corrected chi connectivity index (χ4v) is 10.9. The summed E-state index contributed by atoms with van der Waals surface area (Å²) in [6.07, 6.45) is 1.92. The van der Waals surface area contributed by atoms with Crippen LogP contribution in [-0.4, -0.2) is 112 Å². The predicted molar refractivity (Wildman–Crippen MR) is 229 cm³/mol. The molecule has 6 aliphatic rings. The average Bonchev–Trinajstić information content (AvgIpc) is 3.22. The number of fused-ring (bicyclic) bond motifs is 6. The average molecular weight is 887 g/mol. The highest BCUT2D eigenvalue weighted by Gasteiger charge is 2.64. The lowest BCUT2D eigenvalue weighted by Crippen LogP contribution is -2.65. The number of ketones is 5. The van der Waals surface area contributed by atoms with Crippen molar-refractivity contribution >= 4 is 46.3 Å². The Morgan fingerprint density at radius 1 is 0.708 bits per heavy atom. The van der Waals surface area contributed by atoms with Crippen LogP contribution >= 0.6 is 0 Å². The molecule has 0 heterocycles. The van der Waals surface area contributed by atoms with Crippen molar-refractivity contribution in [1.29, 1.82) is 0 Å². The number of hydrogen-bond donors (Lipinski definition) is 9. The van der Waals surface area contributed by atoms with Crippen LogP contribution in [0.4, 0.5) is 0 Å². The minimum absolute atomic E-state index is 0.00413. The number of likely N-dealkylation sites (N-methyl/N-ethyl adjacent to an activating group) is 1. The van der Waals surface area contributed by atoms with Gasteiger partial charge in [0.15, 0.2) is 28.6 Å². The second-order valence-corrected chi connectivity index (χ2v) is 17.8. The highest BCUT2D eigenvalue weighted by molar-refractivity contribution is 6.25. The van der Waals surface area contributed by atoms with E-state index in [0.29, 0.717) is 47.9 Å². The topological polar surface area (TPSA) is 294 Å². The zero-order valence-corrected chi connectivity index (χ0v) is 35.6. The molecule has 336 valence electrons. The first-order valence-corrected chi connectivity index (χ1v) is 21.2. The van der Waals surface area contributed by atoms with E-state index >= 15 is 0 Å². The first-order chi connectivity index (χ1) is 30.7. The Hall–Kier alpha value is -6.98. The van der Waals surface area contributed by atoms with E-state index in [-0.39, 0.29) is 59.5 Å². The largest absolute Gasteiger partial charge is 0.508 e. The van der Waals surface area contributed by atoms with E-state index in [1.807, 2.05) is 0 Å². The predicted octanol–water partition coefficient (Wildman–Crippen LogP) is 2.77. The SMILES string of the molecule is CC(=O)C1=C(O)[C@@]2(O)C(=O)C3=C(O)c4c(O)ccc(C#CCCCCC#Cc5ccc(O)c6c5C[C@H]5C[C@H]7CC(=O)C(C(N)=O)=C(O)[C@@]7(O)C(=O)C5=C6O)c4C[C@H]3C[C@H]2[C@H](N(C)C)C1=O. The molecule has 10 N–H and O–H groups in total. The van der Waals surface area contributed by atoms with Crippen molar-refractivity contribution in [2.75, 3.05) is 14.1 Å². The molecule has 2 saturated carbocycles. The van der Waals surface area contributed by atoms with Crippen molar-refractivity contribution in [1.82, 2.24) is 4.90 Å². The van der Waals surface area contributed by atoms with Gasteiger partial charge in [-0.15, -0.1) is 0 Å². The van der Waals surface area contributed by atoms with Crippen LogP contribution in [0.15, 0.2) is 58.1 Å². The zero-order valence-electron chi connectivity index (χ0n) is 35.6. The lowest BCUT2D eigenvalue weighted by molar-refractivity contribution is -0.154. The third kappa shape index (κ3) is 6.58. The summed E-state index contributed by atoms with van der Waals surface area (Å²) in [6.45, 7) is 1.05. The maximum Gasteiger partial charge on any atom is 0.255 e. The molecule has 0 spiro atoms. The number of aliphatic hydroxyl groups excluding tert-OH is 4. The minimum Gasteiger partial charge on any atom is -0.508 e. The monoisotopic (exact) mass is 886 g/mol. The number of benzene rings is 2. The van der Waals surface area contributed by atoms with Gasteiger partial charge in [0.1, 0.15) is 45.7 Å². The van der Waals surface area contributed by atoms with Gasteiger partial charge in [-0.1, -0.05) is 23.7 Å². The Morgan fingerprint density at radius 3 is 1.66 bits per heavy atom. The van der Waals surface area contributed by atoms with Crippen molar-refractivity contribution in [2.45, 2.75) is 82.0 Å².